The van der Waals surface area contributed by atoms with Crippen LogP contribution in [0.4, 0.5) is 0 Å². The zero-order valence-corrected chi connectivity index (χ0v) is 17.8. The molecule has 0 atom stereocenters. The van der Waals surface area contributed by atoms with Crippen molar-refractivity contribution < 1.29 is 4.79 Å². The van der Waals surface area contributed by atoms with Crippen LogP contribution in [-0.2, 0) is 10.3 Å². The molecule has 1 aliphatic carbocycles. The monoisotopic (exact) mass is 420 g/mol. The summed E-state index contributed by atoms with van der Waals surface area (Å²) in [5, 5.41) is 0. The molecule has 158 valence electrons. The Hall–Kier alpha value is -3.57. The number of rotatable bonds is 3. The van der Waals surface area contributed by atoms with Crippen LogP contribution in [0, 0.1) is 0 Å². The molecule has 0 saturated heterocycles. The second-order valence-electron chi connectivity index (χ2n) is 8.81. The highest BCUT2D eigenvalue weighted by Crippen LogP contribution is 2.40. The number of amides is 1. The predicted octanol–water partition coefficient (Wildman–Crippen LogP) is 4.72. The van der Waals surface area contributed by atoms with Crippen LogP contribution in [0.25, 0.3) is 28.5 Å². The predicted molar refractivity (Wildman–Crippen MR) is 127 cm³/mol. The van der Waals surface area contributed by atoms with E-state index in [4.69, 9.17) is 10.7 Å². The van der Waals surface area contributed by atoms with Crippen molar-refractivity contribution in [1.29, 1.82) is 0 Å². The summed E-state index contributed by atoms with van der Waals surface area (Å²) >= 11 is 0. The number of fused-ring (bicyclic) bond motifs is 3. The minimum Gasteiger partial charge on any atom is -0.321 e. The lowest BCUT2D eigenvalue weighted by atomic mass is 9.72. The van der Waals surface area contributed by atoms with E-state index in [1.165, 1.54) is 12.0 Å². The van der Waals surface area contributed by atoms with Gasteiger partial charge in [0.15, 0.2) is 0 Å². The molecule has 2 aliphatic heterocycles. The lowest BCUT2D eigenvalue weighted by molar-refractivity contribution is -0.125. The Morgan fingerprint density at radius 3 is 2.44 bits per heavy atom. The van der Waals surface area contributed by atoms with E-state index < -0.39 is 0 Å². The second-order valence-corrected chi connectivity index (χ2v) is 8.81. The first-order valence-electron chi connectivity index (χ1n) is 11.2. The van der Waals surface area contributed by atoms with Gasteiger partial charge in [-0.25, -0.2) is 4.98 Å². The largest absolute Gasteiger partial charge is 0.321 e. The smallest absolute Gasteiger partial charge is 0.234 e. The maximum Gasteiger partial charge on any atom is 0.234 e. The standard InChI is InChI=1S/C27H24N4O/c28-27(13-4-14-27)20-9-7-19(8-10-20)25-21(18-5-2-1-3-6-18)17-22-23(30-25)12-16-31-24(32)11-15-29-26(22)31/h1-3,5-10,12,16-17H,4,11,13-15,28H2. The van der Waals surface area contributed by atoms with Crippen LogP contribution >= 0.6 is 0 Å². The van der Waals surface area contributed by atoms with Crippen molar-refractivity contribution in [3.8, 4) is 22.4 Å². The molecule has 3 aliphatic rings. The fourth-order valence-corrected chi connectivity index (χ4v) is 4.78. The van der Waals surface area contributed by atoms with E-state index in [9.17, 15) is 4.79 Å². The normalized spacial score (nSPS) is 18.5. The Morgan fingerprint density at radius 1 is 0.938 bits per heavy atom. The van der Waals surface area contributed by atoms with Crippen molar-refractivity contribution in [2.24, 2.45) is 10.7 Å². The number of aliphatic imine (C=N–C) groups is 1. The Labute approximate surface area is 187 Å². The lowest BCUT2D eigenvalue weighted by Gasteiger charge is -2.38. The SMILES string of the molecule is NC1(c2ccc(-c3nc4c(cc3-c3ccccc3)C3=NCCC(=O)N3C=C4)cc2)CCC1. The van der Waals surface area contributed by atoms with Gasteiger partial charge in [0.05, 0.1) is 17.9 Å². The summed E-state index contributed by atoms with van der Waals surface area (Å²) in [4.78, 5) is 23.8. The highest BCUT2D eigenvalue weighted by atomic mass is 16.2. The van der Waals surface area contributed by atoms with Gasteiger partial charge in [-0.3, -0.25) is 14.7 Å². The minimum absolute atomic E-state index is 0.0736. The van der Waals surface area contributed by atoms with Gasteiger partial charge in [0, 0.05) is 34.9 Å². The third kappa shape index (κ3) is 3.00. The first kappa shape index (κ1) is 19.1. The molecule has 5 heteroatoms. The molecule has 3 aromatic rings. The molecule has 5 nitrogen and oxygen atoms in total. The summed E-state index contributed by atoms with van der Waals surface area (Å²) in [6, 6.07) is 20.9. The highest BCUT2D eigenvalue weighted by Gasteiger charge is 2.34. The van der Waals surface area contributed by atoms with Crippen LogP contribution in [-0.4, -0.2) is 28.2 Å². The number of nitrogens with zero attached hydrogens (tertiary/aromatic N) is 3. The molecule has 0 radical (unpaired) electrons. The Bertz CT molecular complexity index is 1270. The van der Waals surface area contributed by atoms with E-state index >= 15 is 0 Å². The van der Waals surface area contributed by atoms with E-state index in [1.807, 2.05) is 24.3 Å². The zero-order valence-electron chi connectivity index (χ0n) is 17.8. The number of hydrogen-bond donors (Lipinski definition) is 1. The van der Waals surface area contributed by atoms with Crippen LogP contribution < -0.4 is 5.73 Å². The van der Waals surface area contributed by atoms with Crippen LogP contribution in [0.3, 0.4) is 0 Å². The molecule has 1 saturated carbocycles. The highest BCUT2D eigenvalue weighted by molar-refractivity contribution is 6.14. The molecule has 2 aromatic carbocycles. The number of aromatic nitrogens is 1. The molecule has 2 N–H and O–H groups in total. The fourth-order valence-electron chi connectivity index (χ4n) is 4.78. The van der Waals surface area contributed by atoms with Gasteiger partial charge in [-0.1, -0.05) is 54.6 Å². The van der Waals surface area contributed by atoms with Gasteiger partial charge in [0.1, 0.15) is 5.84 Å². The van der Waals surface area contributed by atoms with Gasteiger partial charge in [0.2, 0.25) is 5.91 Å². The summed E-state index contributed by atoms with van der Waals surface area (Å²) in [5.74, 6) is 0.768. The Morgan fingerprint density at radius 2 is 1.72 bits per heavy atom. The third-order valence-corrected chi connectivity index (χ3v) is 6.82. The average molecular weight is 421 g/mol. The maximum atomic E-state index is 12.4. The van der Waals surface area contributed by atoms with Crippen LogP contribution in [0.5, 0.6) is 0 Å². The molecule has 1 amide bonds. The minimum atomic E-state index is -0.179. The Balaban J connectivity index is 1.51. The fraction of sp³-hybridized carbons (Fsp3) is 0.222. The summed E-state index contributed by atoms with van der Waals surface area (Å²) in [6.45, 7) is 0.517. The van der Waals surface area contributed by atoms with Gasteiger partial charge in [-0.2, -0.15) is 0 Å². The maximum absolute atomic E-state index is 12.4. The summed E-state index contributed by atoms with van der Waals surface area (Å²) < 4.78 is 0. The van der Waals surface area contributed by atoms with Crippen molar-refractivity contribution in [2.75, 3.05) is 6.54 Å². The quantitative estimate of drug-likeness (QED) is 0.667. The molecule has 0 bridgehead atoms. The van der Waals surface area contributed by atoms with E-state index in [1.54, 1.807) is 11.1 Å². The summed E-state index contributed by atoms with van der Waals surface area (Å²) in [6.07, 6.45) is 7.42. The number of carbonyl (C=O) groups is 1. The van der Waals surface area contributed by atoms with Gasteiger partial charge >= 0.3 is 0 Å². The molecular formula is C27H24N4O. The average Bonchev–Trinajstić information content (AvgIpc) is 2.82. The molecule has 1 fully saturated rings. The molecule has 3 heterocycles. The number of carbonyl (C=O) groups excluding carboxylic acids is 1. The molecule has 0 spiro atoms. The molecule has 1 aromatic heterocycles. The first-order chi connectivity index (χ1) is 15.6. The van der Waals surface area contributed by atoms with Gasteiger partial charge in [-0.15, -0.1) is 0 Å². The molecule has 6 rings (SSSR count). The second kappa shape index (κ2) is 7.24. The zero-order chi connectivity index (χ0) is 21.7. The molecular weight excluding hydrogens is 396 g/mol. The van der Waals surface area contributed by atoms with Gasteiger partial charge in [-0.05, 0) is 42.5 Å². The number of amidine groups is 1. The van der Waals surface area contributed by atoms with E-state index in [0.29, 0.717) is 18.8 Å². The van der Waals surface area contributed by atoms with E-state index in [0.717, 1.165) is 46.5 Å². The van der Waals surface area contributed by atoms with Crippen molar-refractivity contribution in [3.63, 3.8) is 0 Å². The molecule has 0 unspecified atom stereocenters. The van der Waals surface area contributed by atoms with E-state index in [2.05, 4.69) is 47.5 Å². The Kier molecular flexibility index (Phi) is 4.33. The number of nitrogens with two attached hydrogens (primary N) is 1. The van der Waals surface area contributed by atoms with Crippen LogP contribution in [0.15, 0.2) is 71.9 Å². The van der Waals surface area contributed by atoms with Gasteiger partial charge < -0.3 is 5.73 Å². The van der Waals surface area contributed by atoms with Crippen molar-refractivity contribution >= 4 is 17.8 Å². The lowest BCUT2D eigenvalue weighted by Crippen LogP contribution is -2.43. The van der Waals surface area contributed by atoms with Crippen molar-refractivity contribution in [2.45, 2.75) is 31.2 Å². The number of hydrogen-bond acceptors (Lipinski definition) is 4. The van der Waals surface area contributed by atoms with Gasteiger partial charge in [0.25, 0.3) is 0 Å². The summed E-state index contributed by atoms with van der Waals surface area (Å²) in [5.41, 5.74) is 13.4. The third-order valence-electron chi connectivity index (χ3n) is 6.82. The topological polar surface area (TPSA) is 71.6 Å². The number of pyridine rings is 1. The first-order valence-corrected chi connectivity index (χ1v) is 11.2. The van der Waals surface area contributed by atoms with Crippen molar-refractivity contribution in [1.82, 2.24) is 9.88 Å². The summed E-state index contributed by atoms with van der Waals surface area (Å²) in [7, 11) is 0. The van der Waals surface area contributed by atoms with Crippen LogP contribution in [0.2, 0.25) is 0 Å². The van der Waals surface area contributed by atoms with E-state index in [-0.39, 0.29) is 11.4 Å². The number of benzene rings is 2. The van der Waals surface area contributed by atoms with Crippen LogP contribution in [0.1, 0.15) is 42.5 Å². The van der Waals surface area contributed by atoms with Crippen molar-refractivity contribution in [3.05, 3.63) is 83.7 Å². The molecule has 32 heavy (non-hydrogen) atoms.